The molecular weight excluding hydrogens is 348 g/mol. The molecule has 1 aromatic carbocycles. The maximum atomic E-state index is 12.4. The number of anilines is 1. The minimum atomic E-state index is -0.146. The predicted octanol–water partition coefficient (Wildman–Crippen LogP) is 1.55. The third kappa shape index (κ3) is 5.09. The van der Waals surface area contributed by atoms with E-state index in [2.05, 4.69) is 36.3 Å². The van der Waals surface area contributed by atoms with Crippen LogP contribution in [0, 0.1) is 0 Å². The lowest BCUT2D eigenvalue weighted by molar-refractivity contribution is -0.907. The van der Waals surface area contributed by atoms with Crippen molar-refractivity contribution in [1.29, 1.82) is 0 Å². The molecule has 0 spiro atoms. The van der Waals surface area contributed by atoms with E-state index in [1.54, 1.807) is 0 Å². The summed E-state index contributed by atoms with van der Waals surface area (Å²) in [7, 11) is 0. The average molecular weight is 376 g/mol. The molecule has 1 saturated heterocycles. The van der Waals surface area contributed by atoms with Crippen molar-refractivity contribution in [3.8, 4) is 0 Å². The Balaban J connectivity index is 1.53. The van der Waals surface area contributed by atoms with Crippen LogP contribution in [-0.4, -0.2) is 49.0 Å². The van der Waals surface area contributed by atoms with Gasteiger partial charge in [-0.3, -0.25) is 10.1 Å². The Hall–Kier alpha value is -1.83. The molecule has 1 fully saturated rings. The minimum absolute atomic E-state index is 0.0750. The van der Waals surface area contributed by atoms with Crippen LogP contribution in [0.5, 0.6) is 0 Å². The summed E-state index contributed by atoms with van der Waals surface area (Å²) in [5.41, 5.74) is 1.91. The summed E-state index contributed by atoms with van der Waals surface area (Å²) < 4.78 is 5.37. The van der Waals surface area contributed by atoms with Gasteiger partial charge in [0.15, 0.2) is 0 Å². The molecule has 1 aliphatic heterocycles. The van der Waals surface area contributed by atoms with E-state index < -0.39 is 0 Å². The summed E-state index contributed by atoms with van der Waals surface area (Å²) >= 11 is 1.45. The first-order chi connectivity index (χ1) is 12.4. The molecule has 0 bridgehead atoms. The molecule has 0 unspecified atom stereocenters. The van der Waals surface area contributed by atoms with Crippen molar-refractivity contribution in [2.75, 3.05) is 38.2 Å². The van der Waals surface area contributed by atoms with Gasteiger partial charge in [0.2, 0.25) is 5.13 Å². The number of aromatic nitrogens is 2. The van der Waals surface area contributed by atoms with Gasteiger partial charge in [0.1, 0.15) is 18.1 Å². The van der Waals surface area contributed by atoms with Gasteiger partial charge in [0.25, 0.3) is 5.91 Å². The molecule has 26 heavy (non-hydrogen) atoms. The number of hydrogen-bond acceptors (Lipinski definition) is 5. The van der Waals surface area contributed by atoms with Gasteiger partial charge in [0.05, 0.1) is 26.2 Å². The second kappa shape index (κ2) is 8.24. The fraction of sp³-hybridized carbons (Fsp3) is 0.526. The monoisotopic (exact) mass is 375 g/mol. The lowest BCUT2D eigenvalue weighted by Gasteiger charge is -2.23. The van der Waals surface area contributed by atoms with Crippen LogP contribution in [-0.2, 0) is 16.6 Å². The number of rotatable bonds is 5. The number of amides is 1. The molecule has 0 saturated carbocycles. The van der Waals surface area contributed by atoms with Crippen molar-refractivity contribution in [2.24, 2.45) is 0 Å². The normalized spacial score (nSPS) is 15.8. The zero-order chi connectivity index (χ0) is 18.6. The molecule has 1 aliphatic rings. The summed E-state index contributed by atoms with van der Waals surface area (Å²) in [5.74, 6) is -0.146. The number of hydrogen-bond donors (Lipinski definition) is 2. The van der Waals surface area contributed by atoms with Crippen molar-refractivity contribution < 1.29 is 14.4 Å². The predicted molar refractivity (Wildman–Crippen MR) is 103 cm³/mol. The van der Waals surface area contributed by atoms with E-state index in [-0.39, 0.29) is 11.3 Å². The van der Waals surface area contributed by atoms with E-state index in [4.69, 9.17) is 4.74 Å². The topological polar surface area (TPSA) is 68.5 Å². The fourth-order valence-electron chi connectivity index (χ4n) is 2.89. The summed E-state index contributed by atoms with van der Waals surface area (Å²) in [6.45, 7) is 11.3. The van der Waals surface area contributed by atoms with Crippen LogP contribution in [0.3, 0.4) is 0 Å². The van der Waals surface area contributed by atoms with Crippen molar-refractivity contribution >= 4 is 22.4 Å². The second-order valence-corrected chi connectivity index (χ2v) is 8.71. The quantitative estimate of drug-likeness (QED) is 0.832. The Labute approximate surface area is 158 Å². The summed E-state index contributed by atoms with van der Waals surface area (Å²) in [5, 5.41) is 12.7. The number of benzene rings is 1. The van der Waals surface area contributed by atoms with Crippen LogP contribution in [0.25, 0.3) is 0 Å². The highest BCUT2D eigenvalue weighted by atomic mass is 32.1. The summed E-state index contributed by atoms with van der Waals surface area (Å²) in [4.78, 5) is 13.9. The van der Waals surface area contributed by atoms with Crippen molar-refractivity contribution in [3.63, 3.8) is 0 Å². The van der Waals surface area contributed by atoms with E-state index in [1.807, 2.05) is 24.3 Å². The smallest absolute Gasteiger partial charge is 0.257 e. The standard InChI is InChI=1S/C19H26N4O2S/c1-19(2,3)15-6-4-14(5-7-15)17(24)20-18-22-21-16(26-18)8-9-23-10-12-25-13-11-23/h4-7H,8-13H2,1-3H3,(H,20,22,24)/p+1. The molecule has 6 nitrogen and oxygen atoms in total. The largest absolute Gasteiger partial charge is 0.370 e. The molecule has 2 N–H and O–H groups in total. The van der Waals surface area contributed by atoms with Crippen molar-refractivity contribution in [2.45, 2.75) is 32.6 Å². The number of morpholine rings is 1. The van der Waals surface area contributed by atoms with E-state index in [0.717, 1.165) is 44.3 Å². The summed E-state index contributed by atoms with van der Waals surface area (Å²) in [6.07, 6.45) is 0.878. The number of carbonyl (C=O) groups excluding carboxylic acids is 1. The maximum Gasteiger partial charge on any atom is 0.257 e. The molecule has 0 aliphatic carbocycles. The van der Waals surface area contributed by atoms with Crippen LogP contribution in [0.15, 0.2) is 24.3 Å². The number of ether oxygens (including phenoxy) is 1. The first-order valence-electron chi connectivity index (χ1n) is 9.07. The molecule has 140 valence electrons. The van der Waals surface area contributed by atoms with Gasteiger partial charge >= 0.3 is 0 Å². The number of carbonyl (C=O) groups is 1. The highest BCUT2D eigenvalue weighted by molar-refractivity contribution is 7.15. The number of nitrogens with one attached hydrogen (secondary N) is 2. The van der Waals surface area contributed by atoms with E-state index >= 15 is 0 Å². The Morgan fingerprint density at radius 3 is 2.54 bits per heavy atom. The first-order valence-corrected chi connectivity index (χ1v) is 9.89. The Morgan fingerprint density at radius 2 is 1.88 bits per heavy atom. The molecule has 7 heteroatoms. The zero-order valence-corrected chi connectivity index (χ0v) is 16.5. The van der Waals surface area contributed by atoms with Gasteiger partial charge in [-0.1, -0.05) is 44.2 Å². The van der Waals surface area contributed by atoms with Gasteiger partial charge in [0, 0.05) is 5.56 Å². The summed E-state index contributed by atoms with van der Waals surface area (Å²) in [6, 6.07) is 7.73. The molecular formula is C19H27N4O2S+. The molecule has 2 heterocycles. The molecule has 0 radical (unpaired) electrons. The Kier molecular flexibility index (Phi) is 6.01. The third-order valence-electron chi connectivity index (χ3n) is 4.59. The lowest BCUT2D eigenvalue weighted by Crippen LogP contribution is -3.14. The minimum Gasteiger partial charge on any atom is -0.370 e. The number of nitrogens with zero attached hydrogens (tertiary/aromatic N) is 2. The molecule has 3 rings (SSSR count). The van der Waals surface area contributed by atoms with Gasteiger partial charge in [-0.2, -0.15) is 0 Å². The highest BCUT2D eigenvalue weighted by Gasteiger charge is 2.17. The van der Waals surface area contributed by atoms with Crippen molar-refractivity contribution in [1.82, 2.24) is 10.2 Å². The van der Waals surface area contributed by atoms with Crippen LogP contribution < -0.4 is 10.2 Å². The van der Waals surface area contributed by atoms with E-state index in [9.17, 15) is 4.79 Å². The lowest BCUT2D eigenvalue weighted by atomic mass is 9.87. The fourth-order valence-corrected chi connectivity index (χ4v) is 3.62. The van der Waals surface area contributed by atoms with Gasteiger partial charge < -0.3 is 9.64 Å². The van der Waals surface area contributed by atoms with Gasteiger partial charge in [-0.05, 0) is 23.1 Å². The van der Waals surface area contributed by atoms with Crippen molar-refractivity contribution in [3.05, 3.63) is 40.4 Å². The maximum absolute atomic E-state index is 12.4. The van der Waals surface area contributed by atoms with E-state index in [0.29, 0.717) is 10.7 Å². The SMILES string of the molecule is CC(C)(C)c1ccc(C(=O)Nc2nnc(CC[NH+]3CCOCC3)s2)cc1. The number of quaternary nitrogens is 1. The molecule has 2 aromatic rings. The van der Waals surface area contributed by atoms with E-state index in [1.165, 1.54) is 21.8 Å². The molecule has 0 atom stereocenters. The Morgan fingerprint density at radius 1 is 1.19 bits per heavy atom. The van der Waals surface area contributed by atoms with Crippen LogP contribution >= 0.6 is 11.3 Å². The third-order valence-corrected chi connectivity index (χ3v) is 5.49. The average Bonchev–Trinajstić information content (AvgIpc) is 3.07. The first kappa shape index (κ1) is 18.9. The van der Waals surface area contributed by atoms with Crippen LogP contribution in [0.2, 0.25) is 0 Å². The molecule has 1 aromatic heterocycles. The van der Waals surface area contributed by atoms with Crippen LogP contribution in [0.4, 0.5) is 5.13 Å². The Bertz CT molecular complexity index is 731. The zero-order valence-electron chi connectivity index (χ0n) is 15.7. The molecule has 1 amide bonds. The highest BCUT2D eigenvalue weighted by Crippen LogP contribution is 2.23. The second-order valence-electron chi connectivity index (χ2n) is 7.64. The van der Waals surface area contributed by atoms with Crippen LogP contribution in [0.1, 0.15) is 41.7 Å². The van der Waals surface area contributed by atoms with Gasteiger partial charge in [-0.25, -0.2) is 0 Å². The van der Waals surface area contributed by atoms with Gasteiger partial charge in [-0.15, -0.1) is 10.2 Å².